The summed E-state index contributed by atoms with van der Waals surface area (Å²) in [7, 11) is 0. The van der Waals surface area contributed by atoms with E-state index >= 15 is 0 Å². The molecule has 1 saturated heterocycles. The molecule has 2 unspecified atom stereocenters. The Labute approximate surface area is 90.3 Å². The third-order valence-corrected chi connectivity index (χ3v) is 4.02. The summed E-state index contributed by atoms with van der Waals surface area (Å²) in [6.45, 7) is 3.42. The largest absolute Gasteiger partial charge is 0.343 e. The quantitative estimate of drug-likeness (QED) is 0.765. The summed E-state index contributed by atoms with van der Waals surface area (Å²) in [5.41, 5.74) is 1.80. The van der Waals surface area contributed by atoms with Gasteiger partial charge in [0, 0.05) is 17.9 Å². The molecule has 2 rings (SSSR count). The lowest BCUT2D eigenvalue weighted by molar-refractivity contribution is 0.553. The molecule has 2 atom stereocenters. The highest BCUT2D eigenvalue weighted by molar-refractivity contribution is 9.09. The van der Waals surface area contributed by atoms with E-state index in [1.54, 1.807) is 16.8 Å². The van der Waals surface area contributed by atoms with Crippen molar-refractivity contribution in [2.24, 2.45) is 5.92 Å². The van der Waals surface area contributed by atoms with Gasteiger partial charge in [-0.3, -0.25) is 0 Å². The third kappa shape index (κ3) is 1.72. The Kier molecular flexibility index (Phi) is 2.83. The van der Waals surface area contributed by atoms with Gasteiger partial charge in [-0.1, -0.05) is 34.2 Å². The van der Waals surface area contributed by atoms with Crippen molar-refractivity contribution in [1.82, 2.24) is 10.2 Å². The van der Waals surface area contributed by atoms with Crippen LogP contribution in [-0.4, -0.2) is 28.1 Å². The monoisotopic (exact) mass is 261 g/mol. The van der Waals surface area contributed by atoms with E-state index in [0.717, 1.165) is 22.9 Å². The van der Waals surface area contributed by atoms with E-state index in [1.165, 1.54) is 6.42 Å². The SMILES string of the molecule is CC1CCN(c2nncs2)C1CBr. The van der Waals surface area contributed by atoms with Crippen LogP contribution in [0.25, 0.3) is 0 Å². The molecule has 0 saturated carbocycles. The smallest absolute Gasteiger partial charge is 0.208 e. The van der Waals surface area contributed by atoms with Gasteiger partial charge in [0.1, 0.15) is 5.51 Å². The van der Waals surface area contributed by atoms with Crippen molar-refractivity contribution in [3.8, 4) is 0 Å². The zero-order valence-electron chi connectivity index (χ0n) is 7.48. The van der Waals surface area contributed by atoms with Crippen LogP contribution in [0.15, 0.2) is 5.51 Å². The average molecular weight is 262 g/mol. The number of aromatic nitrogens is 2. The lowest BCUT2D eigenvalue weighted by atomic mass is 10.1. The molecule has 1 fully saturated rings. The standard InChI is InChI=1S/C8H12BrN3S/c1-6-2-3-12(7(6)4-9)8-11-10-5-13-8/h5-7H,2-4H2,1H3. The van der Waals surface area contributed by atoms with E-state index < -0.39 is 0 Å². The van der Waals surface area contributed by atoms with Crippen molar-refractivity contribution in [1.29, 1.82) is 0 Å². The molecule has 0 bridgehead atoms. The van der Waals surface area contributed by atoms with Crippen molar-refractivity contribution in [3.05, 3.63) is 5.51 Å². The number of anilines is 1. The third-order valence-electron chi connectivity index (χ3n) is 2.63. The molecule has 0 spiro atoms. The van der Waals surface area contributed by atoms with Crippen LogP contribution in [0, 0.1) is 5.92 Å². The highest BCUT2D eigenvalue weighted by Gasteiger charge is 2.31. The van der Waals surface area contributed by atoms with Gasteiger partial charge in [-0.15, -0.1) is 10.2 Å². The van der Waals surface area contributed by atoms with E-state index in [1.807, 2.05) is 0 Å². The van der Waals surface area contributed by atoms with E-state index in [-0.39, 0.29) is 0 Å². The van der Waals surface area contributed by atoms with Crippen LogP contribution in [0.5, 0.6) is 0 Å². The second-order valence-corrected chi connectivity index (χ2v) is 4.86. The van der Waals surface area contributed by atoms with Gasteiger partial charge in [0.15, 0.2) is 0 Å². The number of hydrogen-bond donors (Lipinski definition) is 0. The molecule has 13 heavy (non-hydrogen) atoms. The van der Waals surface area contributed by atoms with Crippen LogP contribution in [0.2, 0.25) is 0 Å². The Balaban J connectivity index is 2.16. The predicted octanol–water partition coefficient (Wildman–Crippen LogP) is 2.15. The molecule has 1 aromatic rings. The molecule has 2 heterocycles. The molecule has 1 aromatic heterocycles. The molecule has 1 aliphatic heterocycles. The number of halogens is 1. The summed E-state index contributed by atoms with van der Waals surface area (Å²) < 4.78 is 0. The van der Waals surface area contributed by atoms with E-state index in [0.29, 0.717) is 6.04 Å². The van der Waals surface area contributed by atoms with Gasteiger partial charge in [0.2, 0.25) is 5.13 Å². The van der Waals surface area contributed by atoms with Crippen LogP contribution in [0.1, 0.15) is 13.3 Å². The minimum atomic E-state index is 0.591. The highest BCUT2D eigenvalue weighted by atomic mass is 79.9. The Morgan fingerprint density at radius 3 is 3.23 bits per heavy atom. The Bertz CT molecular complexity index is 264. The van der Waals surface area contributed by atoms with Crippen molar-refractivity contribution in [3.63, 3.8) is 0 Å². The maximum atomic E-state index is 4.10. The first-order valence-electron chi connectivity index (χ1n) is 4.41. The topological polar surface area (TPSA) is 29.0 Å². The van der Waals surface area contributed by atoms with Crippen LogP contribution in [0.4, 0.5) is 5.13 Å². The molecule has 0 amide bonds. The van der Waals surface area contributed by atoms with Crippen LogP contribution in [0.3, 0.4) is 0 Å². The zero-order valence-corrected chi connectivity index (χ0v) is 9.88. The summed E-state index contributed by atoms with van der Waals surface area (Å²) in [5, 5.41) is 10.1. The Morgan fingerprint density at radius 2 is 2.62 bits per heavy atom. The van der Waals surface area contributed by atoms with Crippen molar-refractivity contribution in [2.45, 2.75) is 19.4 Å². The average Bonchev–Trinajstić information content (AvgIpc) is 2.71. The van der Waals surface area contributed by atoms with Gasteiger partial charge in [-0.2, -0.15) is 0 Å². The van der Waals surface area contributed by atoms with E-state index in [9.17, 15) is 0 Å². The van der Waals surface area contributed by atoms with Crippen LogP contribution >= 0.6 is 27.3 Å². The molecule has 1 aliphatic rings. The summed E-state index contributed by atoms with van der Waals surface area (Å²) >= 11 is 5.18. The number of hydrogen-bond acceptors (Lipinski definition) is 4. The van der Waals surface area contributed by atoms with Gasteiger partial charge >= 0.3 is 0 Å². The lowest BCUT2D eigenvalue weighted by Crippen LogP contribution is -2.33. The van der Waals surface area contributed by atoms with Gasteiger partial charge < -0.3 is 4.90 Å². The van der Waals surface area contributed by atoms with Gasteiger partial charge in [-0.05, 0) is 12.3 Å². The summed E-state index contributed by atoms with van der Waals surface area (Å²) in [6.07, 6.45) is 1.26. The summed E-state index contributed by atoms with van der Waals surface area (Å²) in [5.74, 6) is 0.753. The predicted molar refractivity (Wildman–Crippen MR) is 58.6 cm³/mol. The summed E-state index contributed by atoms with van der Waals surface area (Å²) in [6, 6.07) is 0.591. The normalized spacial score (nSPS) is 28.3. The maximum Gasteiger partial charge on any atom is 0.208 e. The molecule has 0 radical (unpaired) electrons. The van der Waals surface area contributed by atoms with Crippen molar-refractivity contribution < 1.29 is 0 Å². The highest BCUT2D eigenvalue weighted by Crippen LogP contribution is 2.30. The first kappa shape index (κ1) is 9.40. The molecule has 0 aromatic carbocycles. The maximum absolute atomic E-state index is 4.10. The second kappa shape index (κ2) is 3.92. The van der Waals surface area contributed by atoms with Gasteiger partial charge in [0.05, 0.1) is 0 Å². The van der Waals surface area contributed by atoms with E-state index in [4.69, 9.17) is 0 Å². The lowest BCUT2D eigenvalue weighted by Gasteiger charge is -2.23. The molecule has 5 heteroatoms. The second-order valence-electron chi connectivity index (χ2n) is 3.40. The van der Waals surface area contributed by atoms with Crippen LogP contribution in [-0.2, 0) is 0 Å². The fraction of sp³-hybridized carbons (Fsp3) is 0.750. The fourth-order valence-electron chi connectivity index (χ4n) is 1.77. The summed E-state index contributed by atoms with van der Waals surface area (Å²) in [4.78, 5) is 2.36. The Morgan fingerprint density at radius 1 is 1.77 bits per heavy atom. The van der Waals surface area contributed by atoms with E-state index in [2.05, 4.69) is 38.0 Å². The molecular weight excluding hydrogens is 250 g/mol. The van der Waals surface area contributed by atoms with Crippen LogP contribution < -0.4 is 4.90 Å². The number of alkyl halides is 1. The number of nitrogens with zero attached hydrogens (tertiary/aromatic N) is 3. The molecule has 3 nitrogen and oxygen atoms in total. The molecular formula is C8H12BrN3S. The molecule has 0 aliphatic carbocycles. The Hall–Kier alpha value is -0.160. The fourth-order valence-corrected chi connectivity index (χ4v) is 3.41. The van der Waals surface area contributed by atoms with Gasteiger partial charge in [0.25, 0.3) is 0 Å². The van der Waals surface area contributed by atoms with Crippen molar-refractivity contribution in [2.75, 3.05) is 16.8 Å². The molecule has 0 N–H and O–H groups in total. The minimum Gasteiger partial charge on any atom is -0.343 e. The number of rotatable bonds is 2. The first-order valence-corrected chi connectivity index (χ1v) is 6.42. The minimum absolute atomic E-state index is 0.591. The zero-order chi connectivity index (χ0) is 9.26. The molecule has 72 valence electrons. The van der Waals surface area contributed by atoms with Crippen molar-refractivity contribution >= 4 is 32.4 Å². The first-order chi connectivity index (χ1) is 6.33. The van der Waals surface area contributed by atoms with Gasteiger partial charge in [-0.25, -0.2) is 0 Å².